The third-order valence-corrected chi connectivity index (χ3v) is 3.80. The fourth-order valence-electron chi connectivity index (χ4n) is 2.24. The second-order valence-electron chi connectivity index (χ2n) is 5.62. The van der Waals surface area contributed by atoms with E-state index in [1.807, 2.05) is 0 Å². The summed E-state index contributed by atoms with van der Waals surface area (Å²) in [5.41, 5.74) is 2.85. The van der Waals surface area contributed by atoms with Gasteiger partial charge in [0.05, 0.1) is 0 Å². The van der Waals surface area contributed by atoms with Crippen molar-refractivity contribution in [1.29, 1.82) is 0 Å². The smallest absolute Gasteiger partial charge is 0.0233 e. The summed E-state index contributed by atoms with van der Waals surface area (Å²) < 4.78 is 0. The van der Waals surface area contributed by atoms with E-state index in [9.17, 15) is 0 Å². The minimum absolute atomic E-state index is 0.802. The van der Waals surface area contributed by atoms with Crippen LogP contribution >= 0.6 is 0 Å². The molecule has 3 rings (SSSR count). The Hall–Kier alpha value is -0.860. The molecule has 17 heavy (non-hydrogen) atoms. The standard InChI is InChI=1S/C15H22N2/c1-17(15-8-9-15)11-13-4-2-12(3-5-13)10-16-14-6-7-14/h2-5,14-16H,6-11H2,1H3. The topological polar surface area (TPSA) is 15.3 Å². The second-order valence-corrected chi connectivity index (χ2v) is 5.62. The molecule has 2 aliphatic rings. The van der Waals surface area contributed by atoms with Crippen molar-refractivity contribution in [3.8, 4) is 0 Å². The van der Waals surface area contributed by atoms with Crippen LogP contribution in [-0.4, -0.2) is 24.0 Å². The molecular weight excluding hydrogens is 208 g/mol. The van der Waals surface area contributed by atoms with Gasteiger partial charge in [0.1, 0.15) is 0 Å². The molecule has 1 aromatic rings. The molecule has 0 atom stereocenters. The zero-order valence-electron chi connectivity index (χ0n) is 10.7. The quantitative estimate of drug-likeness (QED) is 0.808. The van der Waals surface area contributed by atoms with Crippen LogP contribution < -0.4 is 5.32 Å². The highest BCUT2D eigenvalue weighted by molar-refractivity contribution is 5.22. The van der Waals surface area contributed by atoms with Crippen LogP contribution in [0.1, 0.15) is 36.8 Å². The maximum absolute atomic E-state index is 3.55. The highest BCUT2D eigenvalue weighted by Crippen LogP contribution is 2.26. The normalized spacial score (nSPS) is 19.9. The summed E-state index contributed by atoms with van der Waals surface area (Å²) in [6.45, 7) is 2.13. The van der Waals surface area contributed by atoms with Crippen molar-refractivity contribution in [2.75, 3.05) is 7.05 Å². The van der Waals surface area contributed by atoms with E-state index in [0.29, 0.717) is 0 Å². The monoisotopic (exact) mass is 230 g/mol. The molecule has 2 heteroatoms. The maximum Gasteiger partial charge on any atom is 0.0233 e. The summed E-state index contributed by atoms with van der Waals surface area (Å²) in [6, 6.07) is 10.8. The third-order valence-electron chi connectivity index (χ3n) is 3.80. The molecule has 1 N–H and O–H groups in total. The van der Waals surface area contributed by atoms with Crippen molar-refractivity contribution in [3.05, 3.63) is 35.4 Å². The lowest BCUT2D eigenvalue weighted by atomic mass is 10.1. The van der Waals surface area contributed by atoms with E-state index in [1.54, 1.807) is 0 Å². The molecular formula is C15H22N2. The summed E-state index contributed by atoms with van der Waals surface area (Å²) in [5, 5.41) is 3.55. The van der Waals surface area contributed by atoms with Gasteiger partial charge in [0, 0.05) is 25.2 Å². The van der Waals surface area contributed by atoms with Gasteiger partial charge in [0.25, 0.3) is 0 Å². The number of nitrogens with zero attached hydrogens (tertiary/aromatic N) is 1. The average Bonchev–Trinajstić information content (AvgIpc) is 3.19. The lowest BCUT2D eigenvalue weighted by molar-refractivity contribution is 0.316. The van der Waals surface area contributed by atoms with Gasteiger partial charge >= 0.3 is 0 Å². The Balaban J connectivity index is 1.51. The lowest BCUT2D eigenvalue weighted by Gasteiger charge is -2.15. The Kier molecular flexibility index (Phi) is 3.17. The Labute approximate surface area is 104 Å². The number of benzene rings is 1. The summed E-state index contributed by atoms with van der Waals surface area (Å²) in [6.07, 6.45) is 5.51. The fraction of sp³-hybridized carbons (Fsp3) is 0.600. The number of hydrogen-bond acceptors (Lipinski definition) is 2. The van der Waals surface area contributed by atoms with Crippen LogP contribution in [0.2, 0.25) is 0 Å². The van der Waals surface area contributed by atoms with Crippen LogP contribution in [0, 0.1) is 0 Å². The van der Waals surface area contributed by atoms with Crippen LogP contribution in [0.3, 0.4) is 0 Å². The Morgan fingerprint density at radius 1 is 1.06 bits per heavy atom. The molecule has 0 saturated heterocycles. The first kappa shape index (κ1) is 11.2. The molecule has 2 aliphatic carbocycles. The highest BCUT2D eigenvalue weighted by atomic mass is 15.1. The first-order chi connectivity index (χ1) is 8.31. The van der Waals surface area contributed by atoms with Crippen LogP contribution in [0.25, 0.3) is 0 Å². The van der Waals surface area contributed by atoms with Crippen molar-refractivity contribution < 1.29 is 0 Å². The van der Waals surface area contributed by atoms with E-state index in [1.165, 1.54) is 36.8 Å². The molecule has 0 amide bonds. The van der Waals surface area contributed by atoms with E-state index in [4.69, 9.17) is 0 Å². The Morgan fingerprint density at radius 2 is 1.71 bits per heavy atom. The third kappa shape index (κ3) is 3.30. The van der Waals surface area contributed by atoms with Crippen LogP contribution in [0.4, 0.5) is 0 Å². The molecule has 2 fully saturated rings. The van der Waals surface area contributed by atoms with Crippen molar-refractivity contribution >= 4 is 0 Å². The van der Waals surface area contributed by atoms with Gasteiger partial charge < -0.3 is 5.32 Å². The highest BCUT2D eigenvalue weighted by Gasteiger charge is 2.25. The first-order valence-corrected chi connectivity index (χ1v) is 6.83. The molecule has 0 unspecified atom stereocenters. The lowest BCUT2D eigenvalue weighted by Crippen LogP contribution is -2.20. The molecule has 0 bridgehead atoms. The summed E-state index contributed by atoms with van der Waals surface area (Å²) in [4.78, 5) is 2.47. The molecule has 92 valence electrons. The largest absolute Gasteiger partial charge is 0.310 e. The van der Waals surface area contributed by atoms with E-state index < -0.39 is 0 Å². The van der Waals surface area contributed by atoms with Gasteiger partial charge in [0.2, 0.25) is 0 Å². The predicted octanol–water partition coefficient (Wildman–Crippen LogP) is 2.53. The average molecular weight is 230 g/mol. The predicted molar refractivity (Wildman–Crippen MR) is 70.8 cm³/mol. The Morgan fingerprint density at radius 3 is 2.29 bits per heavy atom. The SMILES string of the molecule is CN(Cc1ccc(CNC2CC2)cc1)C1CC1. The second kappa shape index (κ2) is 4.79. The first-order valence-electron chi connectivity index (χ1n) is 6.83. The van der Waals surface area contributed by atoms with Crippen molar-refractivity contribution in [1.82, 2.24) is 10.2 Å². The molecule has 0 aliphatic heterocycles. The van der Waals surface area contributed by atoms with Crippen molar-refractivity contribution in [2.24, 2.45) is 0 Å². The molecule has 0 radical (unpaired) electrons. The molecule has 0 spiro atoms. The van der Waals surface area contributed by atoms with E-state index in [2.05, 4.69) is 41.5 Å². The van der Waals surface area contributed by atoms with Crippen LogP contribution in [0.5, 0.6) is 0 Å². The molecule has 1 aromatic carbocycles. The fourth-order valence-corrected chi connectivity index (χ4v) is 2.24. The van der Waals surface area contributed by atoms with Crippen molar-refractivity contribution in [2.45, 2.75) is 50.9 Å². The van der Waals surface area contributed by atoms with Crippen molar-refractivity contribution in [3.63, 3.8) is 0 Å². The zero-order valence-corrected chi connectivity index (χ0v) is 10.7. The van der Waals surface area contributed by atoms with Gasteiger partial charge in [-0.3, -0.25) is 4.90 Å². The maximum atomic E-state index is 3.55. The molecule has 2 saturated carbocycles. The number of hydrogen-bond donors (Lipinski definition) is 1. The summed E-state index contributed by atoms with van der Waals surface area (Å²) in [5.74, 6) is 0. The van der Waals surface area contributed by atoms with Gasteiger partial charge in [0.15, 0.2) is 0 Å². The minimum Gasteiger partial charge on any atom is -0.310 e. The van der Waals surface area contributed by atoms with Gasteiger partial charge in [-0.15, -0.1) is 0 Å². The van der Waals surface area contributed by atoms with Crippen LogP contribution in [-0.2, 0) is 13.1 Å². The molecule has 0 heterocycles. The van der Waals surface area contributed by atoms with Gasteiger partial charge in [-0.2, -0.15) is 0 Å². The zero-order chi connectivity index (χ0) is 11.7. The van der Waals surface area contributed by atoms with Gasteiger partial charge in [-0.1, -0.05) is 24.3 Å². The van der Waals surface area contributed by atoms with Crippen LogP contribution in [0.15, 0.2) is 24.3 Å². The summed E-state index contributed by atoms with van der Waals surface area (Å²) in [7, 11) is 2.24. The molecule has 2 nitrogen and oxygen atoms in total. The number of rotatable bonds is 6. The van der Waals surface area contributed by atoms with E-state index >= 15 is 0 Å². The van der Waals surface area contributed by atoms with Gasteiger partial charge in [-0.05, 0) is 43.9 Å². The minimum atomic E-state index is 0.802. The van der Waals surface area contributed by atoms with E-state index in [0.717, 1.165) is 25.2 Å². The summed E-state index contributed by atoms with van der Waals surface area (Å²) >= 11 is 0. The van der Waals surface area contributed by atoms with E-state index in [-0.39, 0.29) is 0 Å². The van der Waals surface area contributed by atoms with Gasteiger partial charge in [-0.25, -0.2) is 0 Å². The Bertz CT molecular complexity index is 363. The molecule has 0 aromatic heterocycles. The number of nitrogens with one attached hydrogen (secondary N) is 1.